The summed E-state index contributed by atoms with van der Waals surface area (Å²) in [6.07, 6.45) is 0. The summed E-state index contributed by atoms with van der Waals surface area (Å²) in [5.41, 5.74) is 1.45. The monoisotopic (exact) mass is 370 g/mol. The summed E-state index contributed by atoms with van der Waals surface area (Å²) in [5.74, 6) is 0.114. The Morgan fingerprint density at radius 2 is 1.88 bits per heavy atom. The number of nitrogens with zero attached hydrogens (tertiary/aromatic N) is 3. The van der Waals surface area contributed by atoms with Gasteiger partial charge in [-0.15, -0.1) is 0 Å². The van der Waals surface area contributed by atoms with E-state index in [1.807, 2.05) is 57.2 Å². The number of nitro groups is 1. The lowest BCUT2D eigenvalue weighted by molar-refractivity contribution is -0.380. The SMILES string of the molecule is CC(C)(C)c1cc(NC(=O)c2ccc([N+](=O)[O-])s2)n(-c2ccccc2)n1. The van der Waals surface area contributed by atoms with Gasteiger partial charge >= 0.3 is 5.00 Å². The van der Waals surface area contributed by atoms with Crippen molar-refractivity contribution in [1.29, 1.82) is 0 Å². The average molecular weight is 370 g/mol. The predicted octanol–water partition coefficient (Wildman–Crippen LogP) is 4.39. The van der Waals surface area contributed by atoms with Gasteiger partial charge < -0.3 is 5.32 Å². The molecule has 3 rings (SSSR count). The lowest BCUT2D eigenvalue weighted by Crippen LogP contribution is -2.14. The van der Waals surface area contributed by atoms with Crippen molar-refractivity contribution in [2.24, 2.45) is 0 Å². The molecule has 0 aliphatic carbocycles. The van der Waals surface area contributed by atoms with E-state index < -0.39 is 10.8 Å². The fourth-order valence-electron chi connectivity index (χ4n) is 2.33. The molecular weight excluding hydrogens is 352 g/mol. The average Bonchev–Trinajstić information content (AvgIpc) is 3.22. The first-order valence-corrected chi connectivity index (χ1v) is 8.79. The van der Waals surface area contributed by atoms with Gasteiger partial charge in [-0.3, -0.25) is 14.9 Å². The second kappa shape index (κ2) is 6.72. The van der Waals surface area contributed by atoms with Crippen LogP contribution in [-0.2, 0) is 5.41 Å². The Kier molecular flexibility index (Phi) is 4.60. The Labute approximate surface area is 154 Å². The summed E-state index contributed by atoms with van der Waals surface area (Å²) >= 11 is 0.842. The molecule has 7 nitrogen and oxygen atoms in total. The number of anilines is 1. The lowest BCUT2D eigenvalue weighted by atomic mass is 9.92. The highest BCUT2D eigenvalue weighted by atomic mass is 32.1. The van der Waals surface area contributed by atoms with Crippen molar-refractivity contribution < 1.29 is 9.72 Å². The van der Waals surface area contributed by atoms with Crippen LogP contribution in [-0.4, -0.2) is 20.6 Å². The van der Waals surface area contributed by atoms with Crippen molar-refractivity contribution in [1.82, 2.24) is 9.78 Å². The molecule has 3 aromatic rings. The zero-order chi connectivity index (χ0) is 18.9. The molecule has 0 fully saturated rings. The molecule has 26 heavy (non-hydrogen) atoms. The maximum absolute atomic E-state index is 12.5. The number of rotatable bonds is 4. The lowest BCUT2D eigenvalue weighted by Gasteiger charge is -2.14. The van der Waals surface area contributed by atoms with Crippen LogP contribution < -0.4 is 5.32 Å². The summed E-state index contributed by atoms with van der Waals surface area (Å²) in [7, 11) is 0. The molecule has 0 bridgehead atoms. The van der Waals surface area contributed by atoms with Crippen LogP contribution in [0.25, 0.3) is 5.69 Å². The van der Waals surface area contributed by atoms with E-state index in [9.17, 15) is 14.9 Å². The second-order valence-electron chi connectivity index (χ2n) is 6.76. The summed E-state index contributed by atoms with van der Waals surface area (Å²) in [5, 5.41) is 18.2. The van der Waals surface area contributed by atoms with E-state index >= 15 is 0 Å². The minimum Gasteiger partial charge on any atom is -0.306 e. The Balaban J connectivity index is 1.96. The molecule has 0 saturated heterocycles. The van der Waals surface area contributed by atoms with Crippen LogP contribution in [0.2, 0.25) is 0 Å². The van der Waals surface area contributed by atoms with Crippen molar-refractivity contribution in [3.63, 3.8) is 0 Å². The van der Waals surface area contributed by atoms with Gasteiger partial charge in [0.2, 0.25) is 0 Å². The third-order valence-corrected chi connectivity index (χ3v) is 4.75. The number of nitrogens with one attached hydrogen (secondary N) is 1. The van der Waals surface area contributed by atoms with Gasteiger partial charge in [-0.25, -0.2) is 4.68 Å². The molecule has 1 N–H and O–H groups in total. The molecule has 2 heterocycles. The number of benzene rings is 1. The summed E-state index contributed by atoms with van der Waals surface area (Å²) in [6.45, 7) is 6.12. The van der Waals surface area contributed by atoms with Crippen molar-refractivity contribution >= 4 is 28.1 Å². The van der Waals surface area contributed by atoms with Crippen LogP contribution >= 0.6 is 11.3 Å². The molecule has 0 radical (unpaired) electrons. The van der Waals surface area contributed by atoms with Crippen LogP contribution in [0.4, 0.5) is 10.8 Å². The molecule has 8 heteroatoms. The molecule has 0 atom stereocenters. The summed E-state index contributed by atoms with van der Waals surface area (Å²) < 4.78 is 1.67. The van der Waals surface area contributed by atoms with Crippen LogP contribution in [0.3, 0.4) is 0 Å². The number of para-hydroxylation sites is 1. The first-order valence-electron chi connectivity index (χ1n) is 7.97. The van der Waals surface area contributed by atoms with Crippen molar-refractivity contribution in [3.05, 3.63) is 69.2 Å². The molecule has 0 saturated carbocycles. The number of aromatic nitrogens is 2. The minimum atomic E-state index is -0.507. The van der Waals surface area contributed by atoms with Gasteiger partial charge in [0.25, 0.3) is 5.91 Å². The number of carbonyl (C=O) groups excluding carboxylic acids is 1. The number of amides is 1. The number of hydrogen-bond donors (Lipinski definition) is 1. The van der Waals surface area contributed by atoms with E-state index in [-0.39, 0.29) is 15.3 Å². The van der Waals surface area contributed by atoms with E-state index in [4.69, 9.17) is 0 Å². The van der Waals surface area contributed by atoms with E-state index in [0.717, 1.165) is 22.7 Å². The Hall–Kier alpha value is -3.00. The van der Waals surface area contributed by atoms with Crippen LogP contribution in [0.5, 0.6) is 0 Å². The first-order chi connectivity index (χ1) is 12.3. The smallest absolute Gasteiger partial charge is 0.306 e. The van der Waals surface area contributed by atoms with E-state index in [1.165, 1.54) is 12.1 Å². The van der Waals surface area contributed by atoms with Gasteiger partial charge in [0, 0.05) is 17.5 Å². The van der Waals surface area contributed by atoms with Gasteiger partial charge in [0.15, 0.2) is 0 Å². The van der Waals surface area contributed by atoms with Crippen molar-refractivity contribution in [2.45, 2.75) is 26.2 Å². The normalized spacial score (nSPS) is 11.3. The maximum Gasteiger partial charge on any atom is 0.324 e. The van der Waals surface area contributed by atoms with Gasteiger partial charge in [-0.2, -0.15) is 5.10 Å². The molecular formula is C18H18N4O3S. The summed E-state index contributed by atoms with van der Waals surface area (Å²) in [4.78, 5) is 23.1. The van der Waals surface area contributed by atoms with Gasteiger partial charge in [-0.1, -0.05) is 50.3 Å². The summed E-state index contributed by atoms with van der Waals surface area (Å²) in [6, 6.07) is 14.1. The minimum absolute atomic E-state index is 0.0675. The number of hydrogen-bond acceptors (Lipinski definition) is 5. The zero-order valence-electron chi connectivity index (χ0n) is 14.6. The van der Waals surface area contributed by atoms with Crippen molar-refractivity contribution in [2.75, 3.05) is 5.32 Å². The second-order valence-corrected chi connectivity index (χ2v) is 7.82. The Morgan fingerprint density at radius 3 is 2.46 bits per heavy atom. The molecule has 0 unspecified atom stereocenters. The molecule has 1 aromatic carbocycles. The largest absolute Gasteiger partial charge is 0.324 e. The quantitative estimate of drug-likeness (QED) is 0.545. The molecule has 2 aromatic heterocycles. The maximum atomic E-state index is 12.5. The van der Waals surface area contributed by atoms with Crippen LogP contribution in [0.15, 0.2) is 48.5 Å². The highest BCUT2D eigenvalue weighted by Gasteiger charge is 2.22. The Bertz CT molecular complexity index is 954. The van der Waals surface area contributed by atoms with E-state index in [0.29, 0.717) is 5.82 Å². The van der Waals surface area contributed by atoms with Gasteiger partial charge in [-0.05, 0) is 18.2 Å². The van der Waals surface area contributed by atoms with E-state index in [1.54, 1.807) is 4.68 Å². The Morgan fingerprint density at radius 1 is 1.19 bits per heavy atom. The fraction of sp³-hybridized carbons (Fsp3) is 0.222. The third-order valence-electron chi connectivity index (χ3n) is 3.72. The highest BCUT2D eigenvalue weighted by molar-refractivity contribution is 7.17. The third kappa shape index (κ3) is 3.65. The van der Waals surface area contributed by atoms with Crippen molar-refractivity contribution in [3.8, 4) is 5.69 Å². The molecule has 0 spiro atoms. The molecule has 0 aliphatic heterocycles. The predicted molar refractivity (Wildman–Crippen MR) is 101 cm³/mol. The number of carbonyl (C=O) groups is 1. The number of thiophene rings is 1. The molecule has 1 amide bonds. The topological polar surface area (TPSA) is 90.1 Å². The molecule has 0 aliphatic rings. The van der Waals surface area contributed by atoms with Crippen LogP contribution in [0, 0.1) is 10.1 Å². The van der Waals surface area contributed by atoms with Gasteiger partial charge in [0.05, 0.1) is 21.2 Å². The van der Waals surface area contributed by atoms with E-state index in [2.05, 4.69) is 10.4 Å². The van der Waals surface area contributed by atoms with Gasteiger partial charge in [0.1, 0.15) is 5.82 Å². The highest BCUT2D eigenvalue weighted by Crippen LogP contribution is 2.28. The first kappa shape index (κ1) is 17.8. The fourth-order valence-corrected chi connectivity index (χ4v) is 3.04. The zero-order valence-corrected chi connectivity index (χ0v) is 15.4. The molecule has 134 valence electrons. The standard InChI is InChI=1S/C18H18N4O3S/c1-18(2,3)14-11-15(21(20-14)12-7-5-4-6-8-12)19-17(23)13-9-10-16(26-13)22(24)25/h4-11H,1-3H3,(H,19,23). The van der Waals surface area contributed by atoms with Crippen LogP contribution in [0.1, 0.15) is 36.1 Å².